The van der Waals surface area contributed by atoms with Crippen LogP contribution in [0.4, 0.5) is 14.5 Å². The fraction of sp³-hybridized carbons (Fsp3) is 0.310. The molecule has 1 N–H and O–H groups in total. The van der Waals surface area contributed by atoms with Crippen LogP contribution < -0.4 is 14.2 Å². The van der Waals surface area contributed by atoms with Crippen molar-refractivity contribution in [3.8, 4) is 11.5 Å². The molecule has 0 saturated heterocycles. The molecule has 45 heavy (non-hydrogen) atoms. The van der Waals surface area contributed by atoms with Crippen molar-refractivity contribution in [2.24, 2.45) is 5.92 Å². The Hall–Kier alpha value is -4.01. The summed E-state index contributed by atoms with van der Waals surface area (Å²) in [4.78, 5) is 43.9. The van der Waals surface area contributed by atoms with E-state index in [0.717, 1.165) is 19.1 Å². The van der Waals surface area contributed by atoms with Crippen LogP contribution in [0.15, 0.2) is 48.8 Å². The van der Waals surface area contributed by atoms with Crippen molar-refractivity contribution >= 4 is 56.7 Å². The molecule has 1 fully saturated rings. The molecule has 0 spiro atoms. The topological polar surface area (TPSA) is 141 Å². The zero-order valence-electron chi connectivity index (χ0n) is 23.5. The van der Waals surface area contributed by atoms with E-state index in [1.165, 1.54) is 48.8 Å². The number of rotatable bonds is 13. The predicted octanol–water partition coefficient (Wildman–Crippen LogP) is 5.27. The van der Waals surface area contributed by atoms with Gasteiger partial charge in [0.15, 0.2) is 11.5 Å². The second-order valence-corrected chi connectivity index (χ2v) is 13.0. The van der Waals surface area contributed by atoms with Crippen molar-refractivity contribution in [2.75, 3.05) is 24.1 Å². The van der Waals surface area contributed by atoms with E-state index >= 15 is 0 Å². The molecule has 1 atom stereocenters. The van der Waals surface area contributed by atoms with Gasteiger partial charge in [0.2, 0.25) is 10.0 Å². The second kappa shape index (κ2) is 13.2. The third-order valence-electron chi connectivity index (χ3n) is 6.90. The highest BCUT2D eigenvalue weighted by atomic mass is 35.5. The first-order valence-corrected chi connectivity index (χ1v) is 16.1. The maximum Gasteiger partial charge on any atom is 0.387 e. The minimum atomic E-state index is -3.66. The van der Waals surface area contributed by atoms with Crippen LogP contribution in [0.3, 0.4) is 0 Å². The lowest BCUT2D eigenvalue weighted by atomic mass is 10.0. The van der Waals surface area contributed by atoms with Crippen LogP contribution in [0.1, 0.15) is 50.8 Å². The lowest BCUT2D eigenvalue weighted by Gasteiger charge is -2.22. The molecule has 2 aromatic carbocycles. The van der Waals surface area contributed by atoms with Crippen LogP contribution in [0.25, 0.3) is 0 Å². The van der Waals surface area contributed by atoms with Crippen LogP contribution >= 0.6 is 23.2 Å². The second-order valence-electron chi connectivity index (χ2n) is 10.4. The zero-order valence-corrected chi connectivity index (χ0v) is 25.8. The highest BCUT2D eigenvalue weighted by molar-refractivity contribution is 7.92. The average molecular weight is 685 g/mol. The van der Waals surface area contributed by atoms with Gasteiger partial charge in [-0.3, -0.25) is 29.0 Å². The van der Waals surface area contributed by atoms with Crippen molar-refractivity contribution in [1.82, 2.24) is 9.88 Å². The van der Waals surface area contributed by atoms with Gasteiger partial charge in [0.05, 0.1) is 34.0 Å². The summed E-state index contributed by atoms with van der Waals surface area (Å²) in [5.74, 6) is -2.52. The Morgan fingerprint density at radius 2 is 1.73 bits per heavy atom. The summed E-state index contributed by atoms with van der Waals surface area (Å²) in [7, 11) is -3.66. The Morgan fingerprint density at radius 3 is 2.38 bits per heavy atom. The molecule has 238 valence electrons. The van der Waals surface area contributed by atoms with Gasteiger partial charge in [0, 0.05) is 24.5 Å². The van der Waals surface area contributed by atoms with Crippen molar-refractivity contribution < 1.29 is 45.8 Å². The normalized spacial score (nSPS) is 15.2. The number of alkyl halides is 2. The molecule has 1 aliphatic carbocycles. The highest BCUT2D eigenvalue weighted by Gasteiger charge is 2.38. The summed E-state index contributed by atoms with van der Waals surface area (Å²) >= 11 is 12.7. The molecule has 1 aromatic heterocycles. The number of nitrogens with one attached hydrogen (secondary N) is 1. The molecule has 3 aromatic rings. The molecular formula is C29H25Cl2F2N3O8S. The molecule has 2 aliphatic rings. The molecule has 0 unspecified atom stereocenters. The van der Waals surface area contributed by atoms with Crippen LogP contribution in [0, 0.1) is 5.92 Å². The largest absolute Gasteiger partial charge is 0.489 e. The van der Waals surface area contributed by atoms with Crippen LogP contribution in [-0.2, 0) is 26.0 Å². The van der Waals surface area contributed by atoms with Crippen LogP contribution in [-0.4, -0.2) is 62.1 Å². The van der Waals surface area contributed by atoms with E-state index in [2.05, 4.69) is 14.4 Å². The number of imide groups is 1. The number of pyridine rings is 1. The number of sulfonamides is 1. The number of ether oxygens (including phenoxy) is 3. The van der Waals surface area contributed by atoms with E-state index in [1.54, 1.807) is 0 Å². The van der Waals surface area contributed by atoms with Gasteiger partial charge in [0.25, 0.3) is 11.8 Å². The minimum absolute atomic E-state index is 0.00604. The van der Waals surface area contributed by atoms with Crippen molar-refractivity contribution in [3.63, 3.8) is 0 Å². The van der Waals surface area contributed by atoms with Gasteiger partial charge < -0.3 is 14.2 Å². The maximum atomic E-state index is 13.3. The Labute approximate surface area is 266 Å². The summed E-state index contributed by atoms with van der Waals surface area (Å²) in [6, 6.07) is 7.85. The molecule has 2 amide bonds. The third kappa shape index (κ3) is 7.99. The zero-order chi connectivity index (χ0) is 32.5. The number of esters is 1. The lowest BCUT2D eigenvalue weighted by molar-refractivity contribution is -0.149. The smallest absolute Gasteiger partial charge is 0.387 e. The molecule has 0 radical (unpaired) electrons. The van der Waals surface area contributed by atoms with Crippen molar-refractivity contribution in [2.45, 2.75) is 32.0 Å². The fourth-order valence-corrected chi connectivity index (χ4v) is 5.68. The van der Waals surface area contributed by atoms with Gasteiger partial charge in [-0.15, -0.1) is 0 Å². The third-order valence-corrected chi connectivity index (χ3v) is 8.16. The van der Waals surface area contributed by atoms with Crippen LogP contribution in [0.5, 0.6) is 11.5 Å². The monoisotopic (exact) mass is 683 g/mol. The Kier molecular flexibility index (Phi) is 9.46. The number of nitrogens with zero attached hydrogens (tertiary/aromatic N) is 2. The van der Waals surface area contributed by atoms with E-state index in [1.807, 2.05) is 0 Å². The van der Waals surface area contributed by atoms with E-state index in [9.17, 15) is 31.6 Å². The Balaban J connectivity index is 1.40. The summed E-state index contributed by atoms with van der Waals surface area (Å²) in [6.07, 6.45) is 4.27. The standard InChI is InChI=1S/C29H25Cl2F2N3O8S/c1-45(40,41)35-17-5-6-18-19(9-17)28(39)36(27(18)38)13-26(37)43-24(10-20-21(30)11-34-12-22(20)31)16-4-7-23(44-29(32)33)25(8-16)42-14-15-2-3-15/h4-9,11-12,15,24,29,35H,2-3,10,13-14H2,1H3/t24-/m0/s1. The molecular weight excluding hydrogens is 659 g/mol. The van der Waals surface area contributed by atoms with Gasteiger partial charge >= 0.3 is 12.6 Å². The molecule has 5 rings (SSSR count). The maximum absolute atomic E-state index is 13.3. The molecule has 0 bridgehead atoms. The number of carbonyl (C=O) groups is 3. The number of halogens is 4. The van der Waals surface area contributed by atoms with Gasteiger partial charge in [-0.25, -0.2) is 8.42 Å². The lowest BCUT2D eigenvalue weighted by Crippen LogP contribution is -2.36. The fourth-order valence-electron chi connectivity index (χ4n) is 4.61. The van der Waals surface area contributed by atoms with E-state index in [-0.39, 0.29) is 57.3 Å². The summed E-state index contributed by atoms with van der Waals surface area (Å²) in [5.41, 5.74) is 0.614. The minimum Gasteiger partial charge on any atom is -0.489 e. The molecule has 16 heteroatoms. The molecule has 11 nitrogen and oxygen atoms in total. The summed E-state index contributed by atoms with van der Waals surface area (Å²) in [6.45, 7) is -3.62. The SMILES string of the molecule is CS(=O)(=O)Nc1ccc2c(c1)C(=O)N(CC(=O)O[C@@H](Cc1c(Cl)cncc1Cl)c1ccc(OC(F)F)c(OCC3CC3)c1)C2=O. The van der Waals surface area contributed by atoms with Crippen LogP contribution in [0.2, 0.25) is 10.0 Å². The number of amides is 2. The number of benzene rings is 2. The van der Waals surface area contributed by atoms with E-state index in [0.29, 0.717) is 16.0 Å². The number of aromatic nitrogens is 1. The van der Waals surface area contributed by atoms with Gasteiger partial charge in [0.1, 0.15) is 12.6 Å². The highest BCUT2D eigenvalue weighted by Crippen LogP contribution is 2.38. The van der Waals surface area contributed by atoms with Gasteiger partial charge in [-0.1, -0.05) is 29.3 Å². The van der Waals surface area contributed by atoms with E-state index < -0.39 is 47.1 Å². The first-order chi connectivity index (χ1) is 21.3. The van der Waals surface area contributed by atoms with Crippen molar-refractivity contribution in [3.05, 3.63) is 81.1 Å². The number of hydrogen-bond acceptors (Lipinski definition) is 9. The predicted molar refractivity (Wildman–Crippen MR) is 158 cm³/mol. The first kappa shape index (κ1) is 32.4. The summed E-state index contributed by atoms with van der Waals surface area (Å²) in [5, 5.41) is 0.343. The summed E-state index contributed by atoms with van der Waals surface area (Å²) < 4.78 is 67.8. The molecule has 1 aliphatic heterocycles. The average Bonchev–Trinajstić information content (AvgIpc) is 3.76. The van der Waals surface area contributed by atoms with Crippen molar-refractivity contribution in [1.29, 1.82) is 0 Å². The van der Waals surface area contributed by atoms with E-state index in [4.69, 9.17) is 32.7 Å². The molecule has 2 heterocycles. The quantitative estimate of drug-likeness (QED) is 0.188. The Bertz CT molecular complexity index is 1750. The van der Waals surface area contributed by atoms with Gasteiger partial charge in [-0.2, -0.15) is 8.78 Å². The van der Waals surface area contributed by atoms with Gasteiger partial charge in [-0.05, 0) is 60.2 Å². The number of anilines is 1. The first-order valence-electron chi connectivity index (χ1n) is 13.5. The molecule has 1 saturated carbocycles. The number of hydrogen-bond donors (Lipinski definition) is 1. The number of fused-ring (bicyclic) bond motifs is 1. The number of carbonyl (C=O) groups excluding carboxylic acids is 3. The Morgan fingerprint density at radius 1 is 1.04 bits per heavy atom.